The second-order valence-corrected chi connectivity index (χ2v) is 9.61. The van der Waals surface area contributed by atoms with Crippen LogP contribution in [0, 0.1) is 0 Å². The Kier molecular flexibility index (Phi) is 5.74. The molecule has 0 bridgehead atoms. The van der Waals surface area contributed by atoms with Crippen LogP contribution in [-0.2, 0) is 10.0 Å². The highest BCUT2D eigenvalue weighted by Crippen LogP contribution is 2.34. The van der Waals surface area contributed by atoms with Gasteiger partial charge in [-0.1, -0.05) is 61.0 Å². The summed E-state index contributed by atoms with van der Waals surface area (Å²) in [6.07, 6.45) is 3.78. The highest BCUT2D eigenvalue weighted by Gasteiger charge is 2.31. The van der Waals surface area contributed by atoms with Crippen molar-refractivity contribution in [2.75, 3.05) is 0 Å². The highest BCUT2D eigenvalue weighted by molar-refractivity contribution is 7.99. The van der Waals surface area contributed by atoms with Gasteiger partial charge >= 0.3 is 0 Å². The quantitative estimate of drug-likeness (QED) is 0.666. The first kappa shape index (κ1) is 19.1. The fourth-order valence-electron chi connectivity index (χ4n) is 3.36. The largest absolute Gasteiger partial charge is 0.240 e. The molecule has 0 radical (unpaired) electrons. The van der Waals surface area contributed by atoms with Crippen molar-refractivity contribution in [1.82, 2.24) is 24.9 Å². The van der Waals surface area contributed by atoms with Gasteiger partial charge in [0.05, 0.1) is 10.6 Å². The zero-order chi connectivity index (χ0) is 19.4. The third kappa shape index (κ3) is 4.26. The predicted octanol–water partition coefficient (Wildman–Crippen LogP) is 3.04. The van der Waals surface area contributed by atoms with Crippen LogP contribution in [0.3, 0.4) is 0 Å². The molecule has 4 rings (SSSR count). The van der Waals surface area contributed by atoms with E-state index in [1.165, 1.54) is 11.8 Å². The van der Waals surface area contributed by atoms with E-state index in [2.05, 4.69) is 20.2 Å². The Morgan fingerprint density at radius 2 is 1.64 bits per heavy atom. The predicted molar refractivity (Wildman–Crippen MR) is 108 cm³/mol. The lowest BCUT2D eigenvalue weighted by Crippen LogP contribution is -2.43. The molecule has 146 valence electrons. The lowest BCUT2D eigenvalue weighted by atomic mass is 9.96. The van der Waals surface area contributed by atoms with Crippen LogP contribution in [0.1, 0.15) is 25.7 Å². The molecule has 1 aliphatic carbocycles. The van der Waals surface area contributed by atoms with E-state index in [0.29, 0.717) is 10.1 Å². The molecule has 1 fully saturated rings. The molecule has 0 spiro atoms. The highest BCUT2D eigenvalue weighted by atomic mass is 32.2. The number of sulfonamides is 1. The second kappa shape index (κ2) is 8.42. The van der Waals surface area contributed by atoms with Crippen molar-refractivity contribution < 1.29 is 8.42 Å². The SMILES string of the molecule is O=S(=O)(NC1CCCCC1Sc1nnnn1-c1ccccc1)c1ccccc1. The molecule has 0 amide bonds. The van der Waals surface area contributed by atoms with Crippen LogP contribution < -0.4 is 4.72 Å². The van der Waals surface area contributed by atoms with Crippen molar-refractivity contribution in [3.05, 3.63) is 60.7 Å². The van der Waals surface area contributed by atoms with Crippen LogP contribution in [0.15, 0.2) is 70.7 Å². The maximum absolute atomic E-state index is 12.8. The number of thioether (sulfide) groups is 1. The number of hydrogen-bond acceptors (Lipinski definition) is 6. The Balaban J connectivity index is 1.54. The molecule has 7 nitrogen and oxygen atoms in total. The maximum atomic E-state index is 12.8. The molecule has 0 aliphatic heterocycles. The normalized spacial score (nSPS) is 20.1. The summed E-state index contributed by atoms with van der Waals surface area (Å²) in [5.41, 5.74) is 0.882. The zero-order valence-electron chi connectivity index (χ0n) is 15.2. The summed E-state index contributed by atoms with van der Waals surface area (Å²) in [6, 6.07) is 18.0. The number of nitrogens with zero attached hydrogens (tertiary/aromatic N) is 4. The fourth-order valence-corrected chi connectivity index (χ4v) is 6.03. The Labute approximate surface area is 168 Å². The molecule has 1 aliphatic rings. The number of para-hydroxylation sites is 1. The van der Waals surface area contributed by atoms with Crippen LogP contribution in [-0.4, -0.2) is 39.9 Å². The Morgan fingerprint density at radius 3 is 2.39 bits per heavy atom. The fraction of sp³-hybridized carbons (Fsp3) is 0.316. The van der Waals surface area contributed by atoms with Gasteiger partial charge in [0.2, 0.25) is 15.2 Å². The van der Waals surface area contributed by atoms with Crippen molar-refractivity contribution in [2.45, 2.75) is 47.0 Å². The average molecular weight is 416 g/mol. The van der Waals surface area contributed by atoms with Crippen molar-refractivity contribution in [2.24, 2.45) is 0 Å². The molecule has 2 aromatic carbocycles. The van der Waals surface area contributed by atoms with Gasteiger partial charge in [0.1, 0.15) is 0 Å². The standard InChI is InChI=1S/C19H21N5O2S2/c25-28(26,16-11-5-2-6-12-16)21-17-13-7-8-14-18(17)27-19-20-22-23-24(19)15-9-3-1-4-10-15/h1-6,9-12,17-18,21H,7-8,13-14H2. The average Bonchev–Trinajstić information content (AvgIpc) is 3.19. The van der Waals surface area contributed by atoms with E-state index in [1.807, 2.05) is 36.4 Å². The molecule has 3 aromatic rings. The van der Waals surface area contributed by atoms with Crippen molar-refractivity contribution in [3.8, 4) is 5.69 Å². The number of rotatable bonds is 6. The monoisotopic (exact) mass is 415 g/mol. The second-order valence-electron chi connectivity index (χ2n) is 6.69. The Bertz CT molecular complexity index is 1010. The van der Waals surface area contributed by atoms with Gasteiger partial charge < -0.3 is 0 Å². The number of hydrogen-bond donors (Lipinski definition) is 1. The van der Waals surface area contributed by atoms with Crippen LogP contribution in [0.4, 0.5) is 0 Å². The molecule has 9 heteroatoms. The molecule has 0 saturated heterocycles. The minimum absolute atomic E-state index is 0.0701. The molecular weight excluding hydrogens is 394 g/mol. The van der Waals surface area contributed by atoms with E-state index < -0.39 is 10.0 Å². The zero-order valence-corrected chi connectivity index (χ0v) is 16.8. The Hall–Kier alpha value is -2.23. The van der Waals surface area contributed by atoms with E-state index in [9.17, 15) is 8.42 Å². The van der Waals surface area contributed by atoms with Crippen LogP contribution in [0.25, 0.3) is 5.69 Å². The third-order valence-corrected chi connectivity index (χ3v) is 7.60. The van der Waals surface area contributed by atoms with Gasteiger partial charge in [-0.25, -0.2) is 13.1 Å². The van der Waals surface area contributed by atoms with Gasteiger partial charge in [-0.2, -0.15) is 4.68 Å². The Morgan fingerprint density at radius 1 is 0.964 bits per heavy atom. The number of benzene rings is 2. The molecule has 1 saturated carbocycles. The van der Waals surface area contributed by atoms with Gasteiger partial charge in [0.15, 0.2) is 0 Å². The molecule has 28 heavy (non-hydrogen) atoms. The van der Waals surface area contributed by atoms with Crippen molar-refractivity contribution in [3.63, 3.8) is 0 Å². The minimum atomic E-state index is -3.56. The van der Waals surface area contributed by atoms with Gasteiger partial charge in [-0.15, -0.1) is 5.10 Å². The van der Waals surface area contributed by atoms with E-state index >= 15 is 0 Å². The first-order chi connectivity index (χ1) is 13.6. The van der Waals surface area contributed by atoms with Gasteiger partial charge in [-0.05, 0) is 47.5 Å². The number of tetrazole rings is 1. The van der Waals surface area contributed by atoms with Crippen molar-refractivity contribution in [1.29, 1.82) is 0 Å². The summed E-state index contributed by atoms with van der Waals surface area (Å²) < 4.78 is 30.1. The van der Waals surface area contributed by atoms with Gasteiger partial charge in [0, 0.05) is 11.3 Å². The molecular formula is C19H21N5O2S2. The first-order valence-electron chi connectivity index (χ1n) is 9.21. The molecule has 2 atom stereocenters. The summed E-state index contributed by atoms with van der Waals surface area (Å²) in [4.78, 5) is 0.290. The summed E-state index contributed by atoms with van der Waals surface area (Å²) in [7, 11) is -3.56. The molecule has 1 aromatic heterocycles. The van der Waals surface area contributed by atoms with Gasteiger partial charge in [-0.3, -0.25) is 0 Å². The molecule has 2 unspecified atom stereocenters. The number of aromatic nitrogens is 4. The van der Waals surface area contributed by atoms with E-state index in [1.54, 1.807) is 28.9 Å². The lowest BCUT2D eigenvalue weighted by Gasteiger charge is -2.31. The number of nitrogens with one attached hydrogen (secondary N) is 1. The van der Waals surface area contributed by atoms with Gasteiger partial charge in [0.25, 0.3) is 0 Å². The first-order valence-corrected chi connectivity index (χ1v) is 11.6. The van der Waals surface area contributed by atoms with E-state index in [4.69, 9.17) is 0 Å². The van der Waals surface area contributed by atoms with Crippen LogP contribution in [0.2, 0.25) is 0 Å². The van der Waals surface area contributed by atoms with Crippen LogP contribution in [0.5, 0.6) is 0 Å². The maximum Gasteiger partial charge on any atom is 0.240 e. The summed E-state index contributed by atoms with van der Waals surface area (Å²) in [6.45, 7) is 0. The van der Waals surface area contributed by atoms with E-state index in [-0.39, 0.29) is 11.3 Å². The topological polar surface area (TPSA) is 89.8 Å². The third-order valence-electron chi connectivity index (χ3n) is 4.76. The summed E-state index contributed by atoms with van der Waals surface area (Å²) in [5, 5.41) is 12.8. The van der Waals surface area contributed by atoms with E-state index in [0.717, 1.165) is 31.4 Å². The van der Waals surface area contributed by atoms with Crippen LogP contribution >= 0.6 is 11.8 Å². The minimum Gasteiger partial charge on any atom is -0.207 e. The smallest absolute Gasteiger partial charge is 0.207 e. The molecule has 1 heterocycles. The van der Waals surface area contributed by atoms with Crippen molar-refractivity contribution >= 4 is 21.8 Å². The summed E-state index contributed by atoms with van der Waals surface area (Å²) in [5.74, 6) is 0. The summed E-state index contributed by atoms with van der Waals surface area (Å²) >= 11 is 1.54. The lowest BCUT2D eigenvalue weighted by molar-refractivity contribution is 0.422. The molecule has 1 N–H and O–H groups in total.